The van der Waals surface area contributed by atoms with Crippen LogP contribution in [0.2, 0.25) is 0 Å². The Kier molecular flexibility index (Phi) is 5.13. The van der Waals surface area contributed by atoms with Crippen molar-refractivity contribution in [3.05, 3.63) is 60.2 Å². The minimum atomic E-state index is -4.41. The fourth-order valence-electron chi connectivity index (χ4n) is 2.84. The highest BCUT2D eigenvalue weighted by molar-refractivity contribution is 7.80. The second-order valence-corrected chi connectivity index (χ2v) is 6.17. The molecular formula is C18H18F3N3S. The number of piperazine rings is 1. The third-order valence-corrected chi connectivity index (χ3v) is 4.52. The first-order valence-corrected chi connectivity index (χ1v) is 8.38. The highest BCUT2D eigenvalue weighted by Gasteiger charge is 2.33. The molecule has 0 bridgehead atoms. The Labute approximate surface area is 150 Å². The van der Waals surface area contributed by atoms with Crippen molar-refractivity contribution in [2.45, 2.75) is 6.18 Å². The normalized spacial score (nSPS) is 15.2. The molecule has 0 spiro atoms. The highest BCUT2D eigenvalue weighted by atomic mass is 32.1. The Morgan fingerprint density at radius 2 is 1.48 bits per heavy atom. The first-order chi connectivity index (χ1) is 11.9. The second kappa shape index (κ2) is 7.31. The van der Waals surface area contributed by atoms with E-state index < -0.39 is 11.7 Å². The van der Waals surface area contributed by atoms with Crippen LogP contribution in [0, 0.1) is 0 Å². The molecule has 7 heteroatoms. The van der Waals surface area contributed by atoms with Crippen LogP contribution in [0.5, 0.6) is 0 Å². The first kappa shape index (κ1) is 17.5. The molecule has 0 aliphatic carbocycles. The van der Waals surface area contributed by atoms with E-state index in [1.807, 2.05) is 35.2 Å². The molecular weight excluding hydrogens is 347 g/mol. The predicted octanol–water partition coefficient (Wildman–Crippen LogP) is 4.22. The van der Waals surface area contributed by atoms with Gasteiger partial charge >= 0.3 is 6.18 Å². The van der Waals surface area contributed by atoms with Gasteiger partial charge in [-0.3, -0.25) is 0 Å². The number of hydrogen-bond acceptors (Lipinski definition) is 2. The van der Waals surface area contributed by atoms with Crippen molar-refractivity contribution in [1.82, 2.24) is 4.90 Å². The van der Waals surface area contributed by atoms with Crippen LogP contribution in [0.3, 0.4) is 0 Å². The molecule has 0 atom stereocenters. The number of anilines is 2. The quantitative estimate of drug-likeness (QED) is 0.803. The molecule has 1 aliphatic heterocycles. The minimum absolute atomic E-state index is 0.00881. The van der Waals surface area contributed by atoms with Crippen molar-refractivity contribution < 1.29 is 13.2 Å². The number of thiocarbonyl (C=S) groups is 1. The molecule has 0 saturated carbocycles. The minimum Gasteiger partial charge on any atom is -0.368 e. The van der Waals surface area contributed by atoms with Crippen LogP contribution in [-0.4, -0.2) is 36.2 Å². The maximum absolute atomic E-state index is 13.1. The summed E-state index contributed by atoms with van der Waals surface area (Å²) in [4.78, 5) is 4.14. The fourth-order valence-corrected chi connectivity index (χ4v) is 3.13. The summed E-state index contributed by atoms with van der Waals surface area (Å²) >= 11 is 5.32. The summed E-state index contributed by atoms with van der Waals surface area (Å²) in [6.45, 7) is 2.86. The zero-order chi connectivity index (χ0) is 17.9. The average molecular weight is 365 g/mol. The number of rotatable bonds is 2. The molecule has 3 rings (SSSR count). The molecule has 3 nitrogen and oxygen atoms in total. The van der Waals surface area contributed by atoms with E-state index in [1.165, 1.54) is 12.1 Å². The maximum atomic E-state index is 13.1. The number of nitrogens with one attached hydrogen (secondary N) is 1. The molecule has 0 amide bonds. The maximum Gasteiger partial charge on any atom is 0.418 e. The Morgan fingerprint density at radius 3 is 2.12 bits per heavy atom. The van der Waals surface area contributed by atoms with Gasteiger partial charge in [-0.1, -0.05) is 30.3 Å². The van der Waals surface area contributed by atoms with E-state index in [4.69, 9.17) is 12.2 Å². The van der Waals surface area contributed by atoms with Gasteiger partial charge in [0.2, 0.25) is 0 Å². The van der Waals surface area contributed by atoms with E-state index >= 15 is 0 Å². The standard InChI is InChI=1S/C18H18F3N3S/c19-18(20,21)15-8-4-5-9-16(15)22-17(25)24-12-10-23(11-13-24)14-6-2-1-3-7-14/h1-9H,10-13H2,(H,22,25). The first-order valence-electron chi connectivity index (χ1n) is 7.97. The Hall–Kier alpha value is -2.28. The fraction of sp³-hybridized carbons (Fsp3) is 0.278. The number of hydrogen-bond donors (Lipinski definition) is 1. The van der Waals surface area contributed by atoms with Gasteiger partial charge in [-0.2, -0.15) is 13.2 Å². The molecule has 1 N–H and O–H groups in total. The molecule has 2 aromatic rings. The molecule has 0 radical (unpaired) electrons. The lowest BCUT2D eigenvalue weighted by Crippen LogP contribution is -2.50. The number of para-hydroxylation sites is 2. The van der Waals surface area contributed by atoms with Gasteiger partial charge in [0.25, 0.3) is 0 Å². The van der Waals surface area contributed by atoms with Crippen molar-refractivity contribution in [1.29, 1.82) is 0 Å². The molecule has 1 fully saturated rings. The van der Waals surface area contributed by atoms with Gasteiger partial charge in [0.05, 0.1) is 11.3 Å². The van der Waals surface area contributed by atoms with E-state index in [1.54, 1.807) is 6.07 Å². The van der Waals surface area contributed by atoms with E-state index in [0.717, 1.165) is 24.8 Å². The third-order valence-electron chi connectivity index (χ3n) is 4.16. The van der Waals surface area contributed by atoms with E-state index in [9.17, 15) is 13.2 Å². The number of benzene rings is 2. The van der Waals surface area contributed by atoms with E-state index in [-0.39, 0.29) is 5.69 Å². The predicted molar refractivity (Wildman–Crippen MR) is 97.9 cm³/mol. The van der Waals surface area contributed by atoms with Crippen molar-refractivity contribution in [2.24, 2.45) is 0 Å². The summed E-state index contributed by atoms with van der Waals surface area (Å²) in [6, 6.07) is 15.4. The van der Waals surface area contributed by atoms with E-state index in [2.05, 4.69) is 10.2 Å². The summed E-state index contributed by atoms with van der Waals surface area (Å²) in [5.41, 5.74) is 0.425. The van der Waals surface area contributed by atoms with Crippen LogP contribution in [-0.2, 0) is 6.18 Å². The second-order valence-electron chi connectivity index (χ2n) is 5.78. The molecule has 1 aliphatic rings. The van der Waals surface area contributed by atoms with Crippen molar-refractivity contribution in [3.63, 3.8) is 0 Å². The van der Waals surface area contributed by atoms with Gasteiger partial charge in [-0.05, 0) is 36.5 Å². The summed E-state index contributed by atoms with van der Waals surface area (Å²) in [5.74, 6) is 0. The Balaban J connectivity index is 1.63. The lowest BCUT2D eigenvalue weighted by atomic mass is 10.1. The summed E-state index contributed by atoms with van der Waals surface area (Å²) in [5, 5.41) is 3.08. The average Bonchev–Trinajstić information content (AvgIpc) is 2.62. The van der Waals surface area contributed by atoms with Crippen molar-refractivity contribution >= 4 is 28.7 Å². The van der Waals surface area contributed by atoms with Gasteiger partial charge in [0.15, 0.2) is 5.11 Å². The Morgan fingerprint density at radius 1 is 0.880 bits per heavy atom. The number of nitrogens with zero attached hydrogens (tertiary/aromatic N) is 2. The molecule has 2 aromatic carbocycles. The van der Waals surface area contributed by atoms with Gasteiger partial charge in [0, 0.05) is 31.9 Å². The molecule has 0 unspecified atom stereocenters. The van der Waals surface area contributed by atoms with Gasteiger partial charge in [0.1, 0.15) is 0 Å². The summed E-state index contributed by atoms with van der Waals surface area (Å²) < 4.78 is 39.2. The SMILES string of the molecule is FC(F)(F)c1ccccc1NC(=S)N1CCN(c2ccccc2)CC1. The van der Waals surface area contributed by atoms with Crippen molar-refractivity contribution in [2.75, 3.05) is 36.4 Å². The van der Waals surface area contributed by atoms with Crippen LogP contribution in [0.4, 0.5) is 24.5 Å². The number of halogens is 3. The zero-order valence-corrected chi connectivity index (χ0v) is 14.3. The largest absolute Gasteiger partial charge is 0.418 e. The monoisotopic (exact) mass is 365 g/mol. The zero-order valence-electron chi connectivity index (χ0n) is 13.5. The van der Waals surface area contributed by atoms with Gasteiger partial charge < -0.3 is 15.1 Å². The third kappa shape index (κ3) is 4.22. The van der Waals surface area contributed by atoms with Crippen LogP contribution in [0.15, 0.2) is 54.6 Å². The smallest absolute Gasteiger partial charge is 0.368 e. The van der Waals surface area contributed by atoms with Crippen LogP contribution >= 0.6 is 12.2 Å². The summed E-state index contributed by atoms with van der Waals surface area (Å²) in [7, 11) is 0. The highest BCUT2D eigenvalue weighted by Crippen LogP contribution is 2.34. The lowest BCUT2D eigenvalue weighted by molar-refractivity contribution is -0.136. The molecule has 25 heavy (non-hydrogen) atoms. The molecule has 1 saturated heterocycles. The van der Waals surface area contributed by atoms with Crippen LogP contribution in [0.25, 0.3) is 0 Å². The number of alkyl halides is 3. The van der Waals surface area contributed by atoms with Crippen LogP contribution in [0.1, 0.15) is 5.56 Å². The Bertz CT molecular complexity index is 726. The molecule has 132 valence electrons. The molecule has 1 heterocycles. The summed E-state index contributed by atoms with van der Waals surface area (Å²) in [6.07, 6.45) is -4.41. The lowest BCUT2D eigenvalue weighted by Gasteiger charge is -2.37. The topological polar surface area (TPSA) is 18.5 Å². The van der Waals surface area contributed by atoms with Crippen molar-refractivity contribution in [3.8, 4) is 0 Å². The van der Waals surface area contributed by atoms with Gasteiger partial charge in [-0.15, -0.1) is 0 Å². The molecule has 0 aromatic heterocycles. The van der Waals surface area contributed by atoms with Gasteiger partial charge in [-0.25, -0.2) is 0 Å². The van der Waals surface area contributed by atoms with E-state index in [0.29, 0.717) is 18.2 Å². The van der Waals surface area contributed by atoms with Crippen LogP contribution < -0.4 is 10.2 Å².